The Morgan fingerprint density at radius 1 is 0.378 bits per heavy atom. The fourth-order valence-corrected chi connectivity index (χ4v) is 6.14. The molecule has 0 bridgehead atoms. The molecule has 0 saturated heterocycles. The van der Waals surface area contributed by atoms with Crippen LogP contribution in [-0.2, 0) is 0 Å². The van der Waals surface area contributed by atoms with Gasteiger partial charge in [0.15, 0.2) is 0 Å². The fraction of sp³-hybridized carbons (Fsp3) is 0. The molecule has 0 aliphatic carbocycles. The zero-order chi connectivity index (χ0) is 30.9. The molecule has 5 nitrogen and oxygen atoms in total. The first-order valence-electron chi connectivity index (χ1n) is 14.3. The summed E-state index contributed by atoms with van der Waals surface area (Å²) in [6, 6.07) is 49.9. The van der Waals surface area contributed by atoms with Crippen molar-refractivity contribution in [3.8, 4) is 63.3 Å². The second-order valence-electron chi connectivity index (χ2n) is 10.6. The molecule has 6 aromatic carbocycles. The summed E-state index contributed by atoms with van der Waals surface area (Å²) in [6.45, 7) is 0. The molecule has 0 amide bonds. The van der Waals surface area contributed by atoms with E-state index in [1.54, 1.807) is 36.4 Å². The van der Waals surface area contributed by atoms with E-state index < -0.39 is 0 Å². The number of aromatic nitrogens is 1. The van der Waals surface area contributed by atoms with Crippen LogP contribution >= 0.6 is 0 Å². The second kappa shape index (κ2) is 11.1. The predicted octanol–water partition coefficient (Wildman–Crippen LogP) is 9.27. The molecule has 0 fully saturated rings. The summed E-state index contributed by atoms with van der Waals surface area (Å²) < 4.78 is 2.16. The minimum Gasteiger partial charge on any atom is -0.309 e. The number of hydrogen-bond acceptors (Lipinski definition) is 4. The molecule has 206 valence electrons. The van der Waals surface area contributed by atoms with Gasteiger partial charge in [-0.1, -0.05) is 78.9 Å². The van der Waals surface area contributed by atoms with Crippen LogP contribution in [0.1, 0.15) is 22.3 Å². The van der Waals surface area contributed by atoms with Gasteiger partial charge in [0.1, 0.15) is 0 Å². The van der Waals surface area contributed by atoms with Gasteiger partial charge in [0, 0.05) is 27.6 Å². The lowest BCUT2D eigenvalue weighted by atomic mass is 9.94. The van der Waals surface area contributed by atoms with Gasteiger partial charge in [0.05, 0.1) is 57.6 Å². The van der Waals surface area contributed by atoms with E-state index in [2.05, 4.69) is 65.2 Å². The first-order valence-corrected chi connectivity index (χ1v) is 14.3. The molecule has 1 heterocycles. The standard InChI is InChI=1S/C40H21N5/c41-22-30-8-4-9-31(23-42)39(30)28-14-18-35-36-19-15-29(40-32(24-43)10-5-11-33(40)25-44)21-38(36)45(37(35)20-28)34-16-12-27(13-17-34)26-6-2-1-3-7-26/h1-21H. The fourth-order valence-electron chi connectivity index (χ4n) is 6.14. The minimum atomic E-state index is 0.433. The molecule has 7 aromatic rings. The quantitative estimate of drug-likeness (QED) is 0.210. The summed E-state index contributed by atoms with van der Waals surface area (Å²) in [5.41, 5.74) is 9.39. The van der Waals surface area contributed by atoms with Gasteiger partial charge in [0.2, 0.25) is 0 Å². The molecule has 0 unspecified atom stereocenters. The van der Waals surface area contributed by atoms with E-state index in [1.807, 2.05) is 54.6 Å². The molecule has 0 spiro atoms. The predicted molar refractivity (Wildman–Crippen MR) is 176 cm³/mol. The number of rotatable bonds is 4. The van der Waals surface area contributed by atoms with E-state index in [4.69, 9.17) is 0 Å². The highest BCUT2D eigenvalue weighted by atomic mass is 15.0. The summed E-state index contributed by atoms with van der Waals surface area (Å²) in [6.07, 6.45) is 0. The normalized spacial score (nSPS) is 10.6. The Kier molecular flexibility index (Phi) is 6.62. The molecule has 0 N–H and O–H groups in total. The van der Waals surface area contributed by atoms with Crippen LogP contribution in [0.25, 0.3) is 60.9 Å². The highest BCUT2D eigenvalue weighted by Crippen LogP contribution is 2.39. The summed E-state index contributed by atoms with van der Waals surface area (Å²) >= 11 is 0. The third-order valence-corrected chi connectivity index (χ3v) is 8.19. The smallest absolute Gasteiger partial charge is 0.0998 e. The SMILES string of the molecule is N#Cc1cccc(C#N)c1-c1ccc2c3ccc(-c4c(C#N)cccc4C#N)cc3n(-c3ccc(-c4ccccc4)cc3)c2c1. The molecule has 0 aliphatic heterocycles. The van der Waals surface area contributed by atoms with Crippen LogP contribution in [0.5, 0.6) is 0 Å². The lowest BCUT2D eigenvalue weighted by Gasteiger charge is -2.12. The lowest BCUT2D eigenvalue weighted by molar-refractivity contribution is 1.18. The average molecular weight is 572 g/mol. The van der Waals surface area contributed by atoms with Gasteiger partial charge in [-0.2, -0.15) is 21.0 Å². The Morgan fingerprint density at radius 3 is 1.20 bits per heavy atom. The highest BCUT2D eigenvalue weighted by Gasteiger charge is 2.19. The molecule has 5 heteroatoms. The minimum absolute atomic E-state index is 0.433. The Labute approximate surface area is 259 Å². The Morgan fingerprint density at radius 2 is 0.778 bits per heavy atom. The zero-order valence-corrected chi connectivity index (χ0v) is 23.9. The molecule has 45 heavy (non-hydrogen) atoms. The monoisotopic (exact) mass is 571 g/mol. The van der Waals surface area contributed by atoms with Crippen molar-refractivity contribution in [3.63, 3.8) is 0 Å². The first-order chi connectivity index (χ1) is 22.1. The van der Waals surface area contributed by atoms with E-state index in [1.165, 1.54) is 0 Å². The molecule has 0 saturated carbocycles. The van der Waals surface area contributed by atoms with Crippen LogP contribution in [0.2, 0.25) is 0 Å². The maximum Gasteiger partial charge on any atom is 0.0998 e. The van der Waals surface area contributed by atoms with Crippen LogP contribution in [0.3, 0.4) is 0 Å². The van der Waals surface area contributed by atoms with E-state index in [0.717, 1.165) is 49.7 Å². The molecule has 7 rings (SSSR count). The molecular formula is C40H21N5. The summed E-state index contributed by atoms with van der Waals surface area (Å²) in [4.78, 5) is 0. The van der Waals surface area contributed by atoms with Crippen LogP contribution in [0, 0.1) is 45.3 Å². The van der Waals surface area contributed by atoms with Crippen LogP contribution in [-0.4, -0.2) is 4.57 Å². The van der Waals surface area contributed by atoms with Crippen LogP contribution < -0.4 is 0 Å². The molecular weight excluding hydrogens is 550 g/mol. The van der Waals surface area contributed by atoms with Crippen molar-refractivity contribution in [2.24, 2.45) is 0 Å². The zero-order valence-electron chi connectivity index (χ0n) is 23.9. The van der Waals surface area contributed by atoms with Gasteiger partial charge >= 0.3 is 0 Å². The van der Waals surface area contributed by atoms with Crippen molar-refractivity contribution in [1.29, 1.82) is 21.0 Å². The third-order valence-electron chi connectivity index (χ3n) is 8.19. The van der Waals surface area contributed by atoms with Gasteiger partial charge in [-0.05, 0) is 70.8 Å². The number of benzene rings is 6. The average Bonchev–Trinajstić information content (AvgIpc) is 3.43. The van der Waals surface area contributed by atoms with E-state index >= 15 is 0 Å². The third kappa shape index (κ3) is 4.47. The van der Waals surface area contributed by atoms with Crippen molar-refractivity contribution in [1.82, 2.24) is 4.57 Å². The van der Waals surface area contributed by atoms with E-state index in [-0.39, 0.29) is 0 Å². The lowest BCUT2D eigenvalue weighted by Crippen LogP contribution is -1.96. The number of fused-ring (bicyclic) bond motifs is 3. The summed E-state index contributed by atoms with van der Waals surface area (Å²) in [5.74, 6) is 0. The van der Waals surface area contributed by atoms with Crippen molar-refractivity contribution in [2.75, 3.05) is 0 Å². The van der Waals surface area contributed by atoms with Gasteiger partial charge in [0.25, 0.3) is 0 Å². The number of hydrogen-bond donors (Lipinski definition) is 0. The Hall–Kier alpha value is -6.92. The van der Waals surface area contributed by atoms with Gasteiger partial charge in [-0.25, -0.2) is 0 Å². The van der Waals surface area contributed by atoms with E-state index in [9.17, 15) is 21.0 Å². The van der Waals surface area contributed by atoms with Crippen molar-refractivity contribution >= 4 is 21.8 Å². The molecule has 1 aromatic heterocycles. The van der Waals surface area contributed by atoms with Crippen molar-refractivity contribution in [2.45, 2.75) is 0 Å². The van der Waals surface area contributed by atoms with Gasteiger partial charge in [-0.15, -0.1) is 0 Å². The maximum atomic E-state index is 9.89. The summed E-state index contributed by atoms with van der Waals surface area (Å²) in [7, 11) is 0. The maximum absolute atomic E-state index is 9.89. The van der Waals surface area contributed by atoms with Gasteiger partial charge < -0.3 is 4.57 Å². The highest BCUT2D eigenvalue weighted by molar-refractivity contribution is 6.11. The van der Waals surface area contributed by atoms with Crippen molar-refractivity contribution in [3.05, 3.63) is 150 Å². The van der Waals surface area contributed by atoms with Crippen molar-refractivity contribution < 1.29 is 0 Å². The molecule has 0 aliphatic rings. The largest absolute Gasteiger partial charge is 0.309 e. The Bertz CT molecular complexity index is 2260. The topological polar surface area (TPSA) is 100 Å². The number of nitriles is 4. The Balaban J connectivity index is 1.53. The summed E-state index contributed by atoms with van der Waals surface area (Å²) in [5, 5.41) is 41.6. The second-order valence-corrected chi connectivity index (χ2v) is 10.6. The number of nitrogens with zero attached hydrogens (tertiary/aromatic N) is 5. The van der Waals surface area contributed by atoms with Crippen LogP contribution in [0.4, 0.5) is 0 Å². The van der Waals surface area contributed by atoms with Crippen LogP contribution in [0.15, 0.2) is 127 Å². The first kappa shape index (κ1) is 26.9. The molecule has 0 radical (unpaired) electrons. The molecule has 0 atom stereocenters. The van der Waals surface area contributed by atoms with Gasteiger partial charge in [-0.3, -0.25) is 0 Å². The van der Waals surface area contributed by atoms with E-state index in [0.29, 0.717) is 33.4 Å².